The van der Waals surface area contributed by atoms with E-state index in [4.69, 9.17) is 5.11 Å². The fourth-order valence-corrected chi connectivity index (χ4v) is 1.36. The number of carbonyl (C=O) groups excluding carboxylic acids is 1. The molecule has 0 saturated carbocycles. The highest BCUT2D eigenvalue weighted by molar-refractivity contribution is 5.94. The van der Waals surface area contributed by atoms with Crippen molar-refractivity contribution < 1.29 is 9.90 Å². The van der Waals surface area contributed by atoms with Crippen LogP contribution < -0.4 is 10.2 Å². The molecule has 0 aliphatic heterocycles. The summed E-state index contributed by atoms with van der Waals surface area (Å²) in [6, 6.07) is 3.50. The van der Waals surface area contributed by atoms with Crippen molar-refractivity contribution in [1.29, 1.82) is 0 Å². The van der Waals surface area contributed by atoms with E-state index in [0.717, 1.165) is 5.82 Å². The second-order valence-corrected chi connectivity index (χ2v) is 4.19. The number of anilines is 1. The molecule has 0 aliphatic carbocycles. The average Bonchev–Trinajstić information content (AvgIpc) is 2.29. The van der Waals surface area contributed by atoms with Gasteiger partial charge in [0, 0.05) is 32.9 Å². The predicted octanol–water partition coefficient (Wildman–Crippen LogP) is 0.648. The van der Waals surface area contributed by atoms with Gasteiger partial charge in [-0.05, 0) is 25.5 Å². The molecule has 94 valence electrons. The topological polar surface area (TPSA) is 65.5 Å². The van der Waals surface area contributed by atoms with E-state index < -0.39 is 0 Å². The minimum absolute atomic E-state index is 0.0407. The molecule has 1 heterocycles. The third kappa shape index (κ3) is 4.03. The van der Waals surface area contributed by atoms with Gasteiger partial charge in [-0.3, -0.25) is 4.79 Å². The number of aromatic nitrogens is 1. The molecule has 17 heavy (non-hydrogen) atoms. The summed E-state index contributed by atoms with van der Waals surface area (Å²) in [5.41, 5.74) is 0.528. The Morgan fingerprint density at radius 1 is 1.53 bits per heavy atom. The van der Waals surface area contributed by atoms with Gasteiger partial charge in [0.15, 0.2) is 0 Å². The Bertz CT molecular complexity index is 363. The van der Waals surface area contributed by atoms with E-state index in [9.17, 15) is 4.79 Å². The molecule has 0 spiro atoms. The summed E-state index contributed by atoms with van der Waals surface area (Å²) in [5.74, 6) is 0.647. The van der Waals surface area contributed by atoms with Gasteiger partial charge in [-0.15, -0.1) is 0 Å². The Morgan fingerprint density at radius 3 is 2.71 bits per heavy atom. The number of hydrogen-bond acceptors (Lipinski definition) is 4. The van der Waals surface area contributed by atoms with E-state index in [-0.39, 0.29) is 18.6 Å². The SMILES string of the molecule is CC(CCO)NC(=O)c1ccc(N(C)C)nc1. The first-order valence-corrected chi connectivity index (χ1v) is 5.59. The van der Waals surface area contributed by atoms with E-state index in [1.807, 2.05) is 25.9 Å². The maximum absolute atomic E-state index is 11.8. The minimum atomic E-state index is -0.163. The largest absolute Gasteiger partial charge is 0.396 e. The molecule has 0 bridgehead atoms. The molecule has 2 N–H and O–H groups in total. The molecule has 0 saturated heterocycles. The van der Waals surface area contributed by atoms with Crippen molar-refractivity contribution in [2.45, 2.75) is 19.4 Å². The number of nitrogens with one attached hydrogen (secondary N) is 1. The number of nitrogens with zero attached hydrogens (tertiary/aromatic N) is 2. The fraction of sp³-hybridized carbons (Fsp3) is 0.500. The van der Waals surface area contributed by atoms with E-state index in [1.54, 1.807) is 18.3 Å². The molecule has 0 radical (unpaired) electrons. The molecular formula is C12H19N3O2. The molecule has 5 nitrogen and oxygen atoms in total. The summed E-state index contributed by atoms with van der Waals surface area (Å²) in [4.78, 5) is 17.8. The highest BCUT2D eigenvalue weighted by atomic mass is 16.3. The van der Waals surface area contributed by atoms with E-state index in [2.05, 4.69) is 10.3 Å². The Morgan fingerprint density at radius 2 is 2.24 bits per heavy atom. The molecule has 5 heteroatoms. The van der Waals surface area contributed by atoms with Crippen LogP contribution in [0.1, 0.15) is 23.7 Å². The fourth-order valence-electron chi connectivity index (χ4n) is 1.36. The lowest BCUT2D eigenvalue weighted by atomic mass is 10.2. The van der Waals surface area contributed by atoms with Gasteiger partial charge in [0.2, 0.25) is 0 Å². The molecule has 1 atom stereocenters. The maximum atomic E-state index is 11.8. The summed E-state index contributed by atoms with van der Waals surface area (Å²) >= 11 is 0. The Labute approximate surface area is 101 Å². The van der Waals surface area contributed by atoms with Crippen molar-refractivity contribution in [3.63, 3.8) is 0 Å². The van der Waals surface area contributed by atoms with E-state index >= 15 is 0 Å². The molecule has 0 aromatic carbocycles. The Hall–Kier alpha value is -1.62. The quantitative estimate of drug-likeness (QED) is 0.789. The van der Waals surface area contributed by atoms with Crippen molar-refractivity contribution in [3.8, 4) is 0 Å². The van der Waals surface area contributed by atoms with Crippen molar-refractivity contribution in [1.82, 2.24) is 10.3 Å². The number of hydrogen-bond donors (Lipinski definition) is 2. The zero-order chi connectivity index (χ0) is 12.8. The van der Waals surface area contributed by atoms with Crippen LogP contribution in [0, 0.1) is 0 Å². The monoisotopic (exact) mass is 237 g/mol. The van der Waals surface area contributed by atoms with Crippen LogP contribution in [0.2, 0.25) is 0 Å². The standard InChI is InChI=1S/C12H19N3O2/c1-9(6-7-16)14-12(17)10-4-5-11(13-8-10)15(2)3/h4-5,8-9,16H,6-7H2,1-3H3,(H,14,17). The summed E-state index contributed by atoms with van der Waals surface area (Å²) in [7, 11) is 3.79. The molecule has 1 unspecified atom stereocenters. The summed E-state index contributed by atoms with van der Waals surface area (Å²) in [6.07, 6.45) is 2.10. The molecule has 1 aromatic heterocycles. The molecule has 0 aliphatic rings. The van der Waals surface area contributed by atoms with Gasteiger partial charge in [0.1, 0.15) is 5.82 Å². The number of aliphatic hydroxyl groups excluding tert-OH is 1. The predicted molar refractivity (Wildman–Crippen MR) is 67.2 cm³/mol. The third-order valence-corrected chi connectivity index (χ3v) is 2.41. The van der Waals surface area contributed by atoms with Crippen LogP contribution in [0.3, 0.4) is 0 Å². The number of pyridine rings is 1. The lowest BCUT2D eigenvalue weighted by molar-refractivity contribution is 0.0934. The number of aliphatic hydroxyl groups is 1. The summed E-state index contributed by atoms with van der Waals surface area (Å²) < 4.78 is 0. The lowest BCUT2D eigenvalue weighted by Gasteiger charge is -2.13. The molecule has 1 rings (SSSR count). The zero-order valence-corrected chi connectivity index (χ0v) is 10.5. The highest BCUT2D eigenvalue weighted by Crippen LogP contribution is 2.08. The van der Waals surface area contributed by atoms with Crippen molar-refractivity contribution >= 4 is 11.7 Å². The summed E-state index contributed by atoms with van der Waals surface area (Å²) in [6.45, 7) is 1.93. The van der Waals surface area contributed by atoms with Gasteiger partial charge in [-0.2, -0.15) is 0 Å². The van der Waals surface area contributed by atoms with Crippen LogP contribution >= 0.6 is 0 Å². The maximum Gasteiger partial charge on any atom is 0.253 e. The second kappa shape index (κ2) is 6.20. The van der Waals surface area contributed by atoms with Crippen LogP contribution in [0.15, 0.2) is 18.3 Å². The smallest absolute Gasteiger partial charge is 0.253 e. The number of carbonyl (C=O) groups is 1. The third-order valence-electron chi connectivity index (χ3n) is 2.41. The highest BCUT2D eigenvalue weighted by Gasteiger charge is 2.09. The van der Waals surface area contributed by atoms with E-state index in [1.165, 1.54) is 0 Å². The normalized spacial score (nSPS) is 12.0. The number of amides is 1. The van der Waals surface area contributed by atoms with Crippen molar-refractivity contribution in [3.05, 3.63) is 23.9 Å². The van der Waals surface area contributed by atoms with Gasteiger partial charge in [-0.1, -0.05) is 0 Å². The first-order chi connectivity index (χ1) is 8.04. The minimum Gasteiger partial charge on any atom is -0.396 e. The molecular weight excluding hydrogens is 218 g/mol. The molecule has 1 aromatic rings. The average molecular weight is 237 g/mol. The van der Waals surface area contributed by atoms with Crippen LogP contribution in [0.5, 0.6) is 0 Å². The van der Waals surface area contributed by atoms with Crippen LogP contribution in [-0.4, -0.2) is 42.7 Å². The second-order valence-electron chi connectivity index (χ2n) is 4.19. The molecule has 0 fully saturated rings. The van der Waals surface area contributed by atoms with Crippen LogP contribution in [0.25, 0.3) is 0 Å². The first kappa shape index (κ1) is 13.4. The van der Waals surface area contributed by atoms with E-state index in [0.29, 0.717) is 12.0 Å². The van der Waals surface area contributed by atoms with Gasteiger partial charge in [0.25, 0.3) is 5.91 Å². The van der Waals surface area contributed by atoms with Gasteiger partial charge in [0.05, 0.1) is 5.56 Å². The lowest BCUT2D eigenvalue weighted by Crippen LogP contribution is -2.33. The van der Waals surface area contributed by atoms with Crippen molar-refractivity contribution in [2.24, 2.45) is 0 Å². The molecule has 1 amide bonds. The Kier molecular flexibility index (Phi) is 4.90. The van der Waals surface area contributed by atoms with Gasteiger partial charge >= 0.3 is 0 Å². The van der Waals surface area contributed by atoms with Crippen LogP contribution in [-0.2, 0) is 0 Å². The van der Waals surface area contributed by atoms with Crippen molar-refractivity contribution in [2.75, 3.05) is 25.6 Å². The summed E-state index contributed by atoms with van der Waals surface area (Å²) in [5, 5.41) is 11.5. The van der Waals surface area contributed by atoms with Gasteiger partial charge < -0.3 is 15.3 Å². The number of rotatable bonds is 5. The van der Waals surface area contributed by atoms with Crippen LogP contribution in [0.4, 0.5) is 5.82 Å². The van der Waals surface area contributed by atoms with Gasteiger partial charge in [-0.25, -0.2) is 4.98 Å². The zero-order valence-electron chi connectivity index (χ0n) is 10.5. The Balaban J connectivity index is 2.63. The first-order valence-electron chi connectivity index (χ1n) is 5.59.